The molecule has 5 nitrogen and oxygen atoms in total. The molecule has 0 aromatic heterocycles. The van der Waals surface area contributed by atoms with Gasteiger partial charge in [0.2, 0.25) is 0 Å². The molecule has 3 N–H and O–H groups in total. The summed E-state index contributed by atoms with van der Waals surface area (Å²) in [5, 5.41) is 5.44. The predicted molar refractivity (Wildman–Crippen MR) is 101 cm³/mol. The molecule has 0 radical (unpaired) electrons. The Bertz CT molecular complexity index is 703. The zero-order chi connectivity index (χ0) is 18.9. The fourth-order valence-corrected chi connectivity index (χ4v) is 2.71. The fourth-order valence-electron chi connectivity index (χ4n) is 2.71. The summed E-state index contributed by atoms with van der Waals surface area (Å²) in [5.74, 6) is -0.945. The molecule has 0 saturated carbocycles. The molecule has 2 aromatic rings. The third-order valence-electron chi connectivity index (χ3n) is 3.99. The van der Waals surface area contributed by atoms with Gasteiger partial charge in [-0.1, -0.05) is 37.3 Å². The molecule has 1 unspecified atom stereocenters. The van der Waals surface area contributed by atoms with Crippen molar-refractivity contribution < 1.29 is 18.9 Å². The van der Waals surface area contributed by atoms with Gasteiger partial charge in [-0.15, -0.1) is 0 Å². The van der Waals surface area contributed by atoms with Crippen LogP contribution in [0.25, 0.3) is 0 Å². The lowest BCUT2D eigenvalue weighted by Gasteiger charge is -2.18. The molecule has 1 atom stereocenters. The largest absolute Gasteiger partial charge is 0.321 e. The first-order valence-corrected chi connectivity index (χ1v) is 8.73. The summed E-state index contributed by atoms with van der Waals surface area (Å²) in [6.07, 6.45) is 0.833. The van der Waals surface area contributed by atoms with E-state index in [0.717, 1.165) is 22.6 Å². The number of aryl methyl sites for hydroxylation is 1. The predicted octanol–water partition coefficient (Wildman–Crippen LogP) is 2.01. The van der Waals surface area contributed by atoms with Gasteiger partial charge >= 0.3 is 0 Å². The molecule has 2 rings (SSSR count). The summed E-state index contributed by atoms with van der Waals surface area (Å²) < 4.78 is 13.6. The van der Waals surface area contributed by atoms with Gasteiger partial charge in [0, 0.05) is 5.69 Å². The minimum Gasteiger partial charge on any atom is -0.321 e. The molecular weight excluding hydrogens is 333 g/mol. The standard InChI is InChI=1S/C20H24FN3O2/c1-3-12-24(13-19(25)22-17-10-6-4-8-15(17)2)14-20(26)23-18-11-7-5-9-16(18)21/h4-11H,3,12-14H2,1-2H3,(H,22,25)(H,23,26)/p+1. The van der Waals surface area contributed by atoms with Crippen LogP contribution in [0.3, 0.4) is 0 Å². The Labute approximate surface area is 153 Å². The lowest BCUT2D eigenvalue weighted by atomic mass is 10.2. The van der Waals surface area contributed by atoms with E-state index in [1.165, 1.54) is 12.1 Å². The summed E-state index contributed by atoms with van der Waals surface area (Å²) in [4.78, 5) is 25.4. The summed E-state index contributed by atoms with van der Waals surface area (Å²) in [5.41, 5.74) is 1.90. The van der Waals surface area contributed by atoms with Crippen LogP contribution in [0.5, 0.6) is 0 Å². The number of hydrogen-bond acceptors (Lipinski definition) is 2. The van der Waals surface area contributed by atoms with Crippen molar-refractivity contribution in [3.8, 4) is 0 Å². The van der Waals surface area contributed by atoms with Gasteiger partial charge in [0.15, 0.2) is 13.1 Å². The van der Waals surface area contributed by atoms with E-state index < -0.39 is 5.82 Å². The Balaban J connectivity index is 1.93. The summed E-state index contributed by atoms with van der Waals surface area (Å²) in [6, 6.07) is 13.6. The molecule has 0 saturated heterocycles. The third-order valence-corrected chi connectivity index (χ3v) is 3.99. The highest BCUT2D eigenvalue weighted by Crippen LogP contribution is 2.13. The number of hydrogen-bond donors (Lipinski definition) is 3. The first kappa shape index (κ1) is 19.6. The number of nitrogens with one attached hydrogen (secondary N) is 3. The Hall–Kier alpha value is -2.73. The van der Waals surface area contributed by atoms with Gasteiger partial charge in [-0.3, -0.25) is 9.59 Å². The highest BCUT2D eigenvalue weighted by Gasteiger charge is 2.18. The Morgan fingerprint density at radius 2 is 1.46 bits per heavy atom. The van der Waals surface area contributed by atoms with Crippen molar-refractivity contribution in [2.24, 2.45) is 0 Å². The maximum Gasteiger partial charge on any atom is 0.279 e. The van der Waals surface area contributed by atoms with E-state index in [0.29, 0.717) is 6.54 Å². The lowest BCUT2D eigenvalue weighted by molar-refractivity contribution is -0.883. The number of carbonyl (C=O) groups excluding carboxylic acids is 2. The van der Waals surface area contributed by atoms with Crippen molar-refractivity contribution >= 4 is 23.2 Å². The first-order valence-electron chi connectivity index (χ1n) is 8.73. The van der Waals surface area contributed by atoms with Gasteiger partial charge in [0.25, 0.3) is 11.8 Å². The van der Waals surface area contributed by atoms with E-state index in [4.69, 9.17) is 0 Å². The smallest absolute Gasteiger partial charge is 0.279 e. The number of rotatable bonds is 8. The van der Waals surface area contributed by atoms with Crippen molar-refractivity contribution in [2.45, 2.75) is 20.3 Å². The van der Waals surface area contributed by atoms with E-state index in [1.54, 1.807) is 12.1 Å². The van der Waals surface area contributed by atoms with Crippen LogP contribution in [0.4, 0.5) is 15.8 Å². The monoisotopic (exact) mass is 358 g/mol. The molecular formula is C20H25FN3O2+. The molecule has 0 aliphatic carbocycles. The number of amides is 2. The molecule has 0 aliphatic heterocycles. The molecule has 138 valence electrons. The Morgan fingerprint density at radius 3 is 2.04 bits per heavy atom. The SMILES string of the molecule is CCC[NH+](CC(=O)Nc1ccccc1C)CC(=O)Nc1ccccc1F. The Morgan fingerprint density at radius 1 is 0.923 bits per heavy atom. The molecule has 26 heavy (non-hydrogen) atoms. The summed E-state index contributed by atoms with van der Waals surface area (Å²) in [6.45, 7) is 4.87. The van der Waals surface area contributed by atoms with Crippen molar-refractivity contribution in [1.29, 1.82) is 0 Å². The lowest BCUT2D eigenvalue weighted by Crippen LogP contribution is -3.14. The molecule has 0 aliphatic rings. The van der Waals surface area contributed by atoms with Crippen molar-refractivity contribution in [3.05, 3.63) is 59.9 Å². The number of para-hydroxylation sites is 2. The quantitative estimate of drug-likeness (QED) is 0.676. The first-order chi connectivity index (χ1) is 12.5. The number of benzene rings is 2. The van der Waals surface area contributed by atoms with Gasteiger partial charge < -0.3 is 15.5 Å². The van der Waals surface area contributed by atoms with E-state index in [1.807, 2.05) is 38.1 Å². The second kappa shape index (κ2) is 9.68. The molecule has 0 spiro atoms. The number of quaternary nitrogens is 1. The topological polar surface area (TPSA) is 62.6 Å². The van der Waals surface area contributed by atoms with Crippen molar-refractivity contribution in [3.63, 3.8) is 0 Å². The van der Waals surface area contributed by atoms with Crippen LogP contribution < -0.4 is 15.5 Å². The second-order valence-corrected chi connectivity index (χ2v) is 6.24. The summed E-state index contributed by atoms with van der Waals surface area (Å²) >= 11 is 0. The zero-order valence-electron chi connectivity index (χ0n) is 15.1. The molecule has 0 bridgehead atoms. The van der Waals surface area contributed by atoms with Gasteiger partial charge in [0.1, 0.15) is 5.82 Å². The van der Waals surface area contributed by atoms with Crippen LogP contribution in [-0.2, 0) is 9.59 Å². The van der Waals surface area contributed by atoms with Crippen LogP contribution in [0.15, 0.2) is 48.5 Å². The van der Waals surface area contributed by atoms with E-state index in [-0.39, 0.29) is 30.6 Å². The highest BCUT2D eigenvalue weighted by molar-refractivity contribution is 5.93. The number of anilines is 2. The maximum atomic E-state index is 13.6. The molecule has 0 fully saturated rings. The Kier molecular flexibility index (Phi) is 7.29. The molecule has 6 heteroatoms. The van der Waals surface area contributed by atoms with Crippen LogP contribution in [-0.4, -0.2) is 31.4 Å². The molecule has 0 heterocycles. The minimum absolute atomic E-state index is 0.101. The van der Waals surface area contributed by atoms with Gasteiger partial charge in [-0.2, -0.15) is 0 Å². The molecule has 2 aromatic carbocycles. The van der Waals surface area contributed by atoms with Gasteiger partial charge in [-0.25, -0.2) is 4.39 Å². The number of carbonyl (C=O) groups is 2. The van der Waals surface area contributed by atoms with Gasteiger partial charge in [-0.05, 0) is 37.1 Å². The fraction of sp³-hybridized carbons (Fsp3) is 0.300. The zero-order valence-corrected chi connectivity index (χ0v) is 15.1. The van der Waals surface area contributed by atoms with E-state index in [2.05, 4.69) is 10.6 Å². The highest BCUT2D eigenvalue weighted by atomic mass is 19.1. The van der Waals surface area contributed by atoms with Gasteiger partial charge in [0.05, 0.1) is 12.2 Å². The van der Waals surface area contributed by atoms with Crippen molar-refractivity contribution in [1.82, 2.24) is 0 Å². The maximum absolute atomic E-state index is 13.6. The van der Waals surface area contributed by atoms with Crippen LogP contribution in [0, 0.1) is 12.7 Å². The third kappa shape index (κ3) is 5.97. The van der Waals surface area contributed by atoms with E-state index in [9.17, 15) is 14.0 Å². The van der Waals surface area contributed by atoms with Crippen LogP contribution in [0.1, 0.15) is 18.9 Å². The summed E-state index contributed by atoms with van der Waals surface area (Å²) in [7, 11) is 0. The molecule has 2 amide bonds. The van der Waals surface area contributed by atoms with E-state index >= 15 is 0 Å². The van der Waals surface area contributed by atoms with Crippen molar-refractivity contribution in [2.75, 3.05) is 30.3 Å². The number of halogens is 1. The van der Waals surface area contributed by atoms with Crippen LogP contribution >= 0.6 is 0 Å². The normalized spacial score (nSPS) is 11.7. The second-order valence-electron chi connectivity index (χ2n) is 6.24. The average molecular weight is 358 g/mol. The average Bonchev–Trinajstić information content (AvgIpc) is 2.59. The minimum atomic E-state index is -0.477. The van der Waals surface area contributed by atoms with Crippen LogP contribution in [0.2, 0.25) is 0 Å².